The molecule has 7 heteroatoms. The van der Waals surface area contributed by atoms with Crippen molar-refractivity contribution in [2.24, 2.45) is 0 Å². The Morgan fingerprint density at radius 3 is 1.13 bits per heavy atom. The summed E-state index contributed by atoms with van der Waals surface area (Å²) in [5.41, 5.74) is 0. The van der Waals surface area contributed by atoms with E-state index in [0.29, 0.717) is 0 Å². The van der Waals surface area contributed by atoms with Crippen LogP contribution >= 0.6 is 23.2 Å². The zero-order valence-corrected chi connectivity index (χ0v) is 15.3. The Hall–Kier alpha value is -0.0649. The van der Waals surface area contributed by atoms with Crippen LogP contribution in [0.2, 0.25) is 0 Å². The van der Waals surface area contributed by atoms with Gasteiger partial charge in [0.25, 0.3) is 0 Å². The van der Waals surface area contributed by atoms with Gasteiger partial charge in [0.1, 0.15) is 0 Å². The van der Waals surface area contributed by atoms with E-state index in [1.54, 1.807) is 0 Å². The average molecular weight is 440 g/mol. The number of rotatable bonds is 2. The maximum Gasteiger partial charge on any atom is 2.00 e. The summed E-state index contributed by atoms with van der Waals surface area (Å²) in [5.74, 6) is -2.66. The molecule has 0 aromatic rings. The summed E-state index contributed by atoms with van der Waals surface area (Å²) < 4.78 is 0. The fraction of sp³-hybridized carbons (Fsp3) is 0.250. The van der Waals surface area contributed by atoms with Crippen LogP contribution in [0, 0.1) is 0 Å². The van der Waals surface area contributed by atoms with Gasteiger partial charge in [-0.05, 0) is 13.8 Å². The summed E-state index contributed by atoms with van der Waals surface area (Å²) in [6.45, 7) is 3.05. The average Bonchev–Trinajstić information content (AvgIpc) is 2.15. The molecule has 0 rings (SSSR count). The van der Waals surface area contributed by atoms with Gasteiger partial charge in [-0.1, -0.05) is 35.4 Å². The predicted octanol–water partition coefficient (Wildman–Crippen LogP) is -0.245. The molecule has 0 spiro atoms. The van der Waals surface area contributed by atoms with Gasteiger partial charge in [0, 0.05) is 0 Å². The Morgan fingerprint density at radius 2 is 1.13 bits per heavy atom. The summed E-state index contributed by atoms with van der Waals surface area (Å²) >= 11 is 10.00. The first-order valence-electron chi connectivity index (χ1n) is 3.43. The maximum absolute atomic E-state index is 9.62. The standard InChI is InChI=1S/2C4H5ClO2.Hg/c2*1-2-3(5)4(6)7;/h2*2H,1H3,(H,6,7);/q;;+2/p-2/b2*3-2-;. The fourth-order valence-electron chi connectivity index (χ4n) is 0.236. The number of hydrogen-bond acceptors (Lipinski definition) is 4. The number of carboxylic acid groups (broad SMARTS) is 2. The van der Waals surface area contributed by atoms with Crippen molar-refractivity contribution < 1.29 is 47.5 Å². The predicted molar refractivity (Wildman–Crippen MR) is 49.2 cm³/mol. The first-order valence-corrected chi connectivity index (χ1v) is 4.18. The molecule has 80 valence electrons. The van der Waals surface area contributed by atoms with Gasteiger partial charge in [0.2, 0.25) is 0 Å². The quantitative estimate of drug-likeness (QED) is 0.439. The van der Waals surface area contributed by atoms with Crippen molar-refractivity contribution in [3.63, 3.8) is 0 Å². The van der Waals surface area contributed by atoms with Crippen molar-refractivity contribution in [1.82, 2.24) is 0 Å². The zero-order valence-electron chi connectivity index (χ0n) is 8.25. The van der Waals surface area contributed by atoms with E-state index < -0.39 is 11.9 Å². The molecule has 0 atom stereocenters. The number of carbonyl (C=O) groups excluding carboxylic acids is 2. The minimum atomic E-state index is -1.33. The van der Waals surface area contributed by atoms with Crippen molar-refractivity contribution in [1.29, 1.82) is 0 Å². The molecule has 0 aliphatic heterocycles. The van der Waals surface area contributed by atoms with Crippen molar-refractivity contribution >= 4 is 35.1 Å². The van der Waals surface area contributed by atoms with E-state index in [4.69, 9.17) is 23.2 Å². The van der Waals surface area contributed by atoms with Gasteiger partial charge in [0.15, 0.2) is 0 Å². The normalized spacial score (nSPS) is 10.7. The topological polar surface area (TPSA) is 80.3 Å². The molecule has 0 aromatic heterocycles. The molecule has 0 amide bonds. The Morgan fingerprint density at radius 1 is 0.933 bits per heavy atom. The zero-order chi connectivity index (χ0) is 11.7. The second kappa shape index (κ2) is 12.0. The third kappa shape index (κ3) is 13.9. The summed E-state index contributed by atoms with van der Waals surface area (Å²) in [4.78, 5) is 19.2. The summed E-state index contributed by atoms with van der Waals surface area (Å²) in [5, 5.41) is 18.7. The molecular formula is C8H8Cl2HgO4. The van der Waals surface area contributed by atoms with Crippen molar-refractivity contribution in [2.75, 3.05) is 0 Å². The van der Waals surface area contributed by atoms with E-state index in [1.165, 1.54) is 26.0 Å². The number of halogens is 2. The summed E-state index contributed by atoms with van der Waals surface area (Å²) in [6, 6.07) is 0. The molecule has 0 saturated carbocycles. The maximum atomic E-state index is 9.62. The second-order valence-electron chi connectivity index (χ2n) is 1.85. The minimum absolute atomic E-state index is 0. The first kappa shape index (κ1) is 20.4. The molecule has 0 aromatic carbocycles. The summed E-state index contributed by atoms with van der Waals surface area (Å²) in [6.07, 6.45) is 2.52. The molecule has 0 aliphatic carbocycles. The van der Waals surface area contributed by atoms with E-state index in [9.17, 15) is 19.8 Å². The van der Waals surface area contributed by atoms with Gasteiger partial charge < -0.3 is 19.8 Å². The molecule has 0 unspecified atom stereocenters. The minimum Gasteiger partial charge on any atom is -0.544 e. The van der Waals surface area contributed by atoms with Crippen LogP contribution in [0.15, 0.2) is 22.2 Å². The molecule has 0 heterocycles. The molecule has 4 nitrogen and oxygen atoms in total. The SMILES string of the molecule is C/C=C(\Cl)C(=O)[O-].C/C=C(\Cl)C(=O)[O-].[Hg+2]. The number of carbonyl (C=O) groups is 2. The van der Waals surface area contributed by atoms with Crippen LogP contribution in [0.1, 0.15) is 13.8 Å². The van der Waals surface area contributed by atoms with Gasteiger partial charge in [-0.3, -0.25) is 0 Å². The van der Waals surface area contributed by atoms with Gasteiger partial charge >= 0.3 is 27.7 Å². The van der Waals surface area contributed by atoms with Crippen molar-refractivity contribution in [2.45, 2.75) is 13.8 Å². The number of hydrogen-bond donors (Lipinski definition) is 0. The molecule has 0 N–H and O–H groups in total. The van der Waals surface area contributed by atoms with Crippen LogP contribution in [0.25, 0.3) is 0 Å². The number of allylic oxidation sites excluding steroid dienone is 2. The van der Waals surface area contributed by atoms with E-state index in [0.717, 1.165) is 0 Å². The van der Waals surface area contributed by atoms with Crippen LogP contribution < -0.4 is 10.2 Å². The van der Waals surface area contributed by atoms with Gasteiger partial charge in [0.05, 0.1) is 22.0 Å². The molecule has 0 bridgehead atoms. The van der Waals surface area contributed by atoms with E-state index in [2.05, 4.69) is 0 Å². The van der Waals surface area contributed by atoms with Crippen molar-refractivity contribution in [3.05, 3.63) is 22.2 Å². The molecular weight excluding hydrogens is 432 g/mol. The van der Waals surface area contributed by atoms with E-state index in [-0.39, 0.29) is 37.7 Å². The van der Waals surface area contributed by atoms with Crippen LogP contribution in [0.5, 0.6) is 0 Å². The Labute approximate surface area is 118 Å². The van der Waals surface area contributed by atoms with E-state index in [1.807, 2.05) is 0 Å². The Kier molecular flexibility index (Phi) is 16.3. The van der Waals surface area contributed by atoms with Crippen molar-refractivity contribution in [3.8, 4) is 0 Å². The largest absolute Gasteiger partial charge is 2.00 e. The van der Waals surface area contributed by atoms with Gasteiger partial charge in [-0.25, -0.2) is 0 Å². The Balaban J connectivity index is -0.000000180. The molecule has 15 heavy (non-hydrogen) atoms. The number of aliphatic carboxylic acids is 2. The Bertz CT molecular complexity index is 246. The second-order valence-corrected chi connectivity index (χ2v) is 2.66. The fourth-order valence-corrected chi connectivity index (χ4v) is 0.236. The molecule has 0 aliphatic rings. The third-order valence-electron chi connectivity index (χ3n) is 0.897. The van der Waals surface area contributed by atoms with Gasteiger partial charge in [-0.15, -0.1) is 0 Å². The molecule has 0 fully saturated rings. The molecule has 0 radical (unpaired) electrons. The van der Waals surface area contributed by atoms with E-state index >= 15 is 0 Å². The third-order valence-corrected chi connectivity index (χ3v) is 1.64. The molecule has 0 saturated heterocycles. The monoisotopic (exact) mass is 440 g/mol. The number of carboxylic acids is 2. The van der Waals surface area contributed by atoms with Crippen LogP contribution in [-0.2, 0) is 37.3 Å². The first-order chi connectivity index (χ1) is 6.36. The smallest absolute Gasteiger partial charge is 0.544 e. The van der Waals surface area contributed by atoms with Crippen LogP contribution in [0.3, 0.4) is 0 Å². The van der Waals surface area contributed by atoms with Gasteiger partial charge in [-0.2, -0.15) is 0 Å². The van der Waals surface area contributed by atoms with Crippen LogP contribution in [0.4, 0.5) is 0 Å². The van der Waals surface area contributed by atoms with Crippen LogP contribution in [-0.4, -0.2) is 11.9 Å². The summed E-state index contributed by atoms with van der Waals surface area (Å²) in [7, 11) is 0.